The van der Waals surface area contributed by atoms with E-state index in [9.17, 15) is 13.2 Å². The number of sulfone groups is 1. The number of ether oxygens (including phenoxy) is 3. The van der Waals surface area contributed by atoms with Crippen LogP contribution in [0.2, 0.25) is 0 Å². The second-order valence-corrected chi connectivity index (χ2v) is 10.7. The summed E-state index contributed by atoms with van der Waals surface area (Å²) in [5.41, 5.74) is 1.20. The molecule has 1 aliphatic rings. The van der Waals surface area contributed by atoms with Crippen molar-refractivity contribution < 1.29 is 27.4 Å². The van der Waals surface area contributed by atoms with Crippen molar-refractivity contribution in [1.29, 1.82) is 0 Å². The Labute approximate surface area is 197 Å². The zero-order valence-corrected chi connectivity index (χ0v) is 20.4. The minimum Gasteiger partial charge on any atom is -0.497 e. The molecule has 2 heterocycles. The van der Waals surface area contributed by atoms with Crippen molar-refractivity contribution in [2.24, 2.45) is 0 Å². The molecular weight excluding hydrogens is 462 g/mol. The van der Waals surface area contributed by atoms with Crippen LogP contribution in [-0.2, 0) is 14.6 Å². The molecule has 0 unspecified atom stereocenters. The van der Waals surface area contributed by atoms with Gasteiger partial charge in [0.05, 0.1) is 30.9 Å². The highest BCUT2D eigenvalue weighted by Crippen LogP contribution is 2.47. The minimum absolute atomic E-state index is 0.0140. The SMILES string of the molecule is COc1ccc(S(=O)(=O)c2csc3c2NC(=O)C[C@H]3c2ccc(OC(C)C)c(OC)c2)cc1. The van der Waals surface area contributed by atoms with Crippen molar-refractivity contribution >= 4 is 32.8 Å². The molecule has 1 aromatic heterocycles. The summed E-state index contributed by atoms with van der Waals surface area (Å²) in [4.78, 5) is 13.6. The number of benzene rings is 2. The molecule has 0 spiro atoms. The van der Waals surface area contributed by atoms with Gasteiger partial charge >= 0.3 is 0 Å². The highest BCUT2D eigenvalue weighted by atomic mass is 32.2. The Morgan fingerprint density at radius 1 is 1.03 bits per heavy atom. The fraction of sp³-hybridized carbons (Fsp3) is 0.292. The molecular formula is C24H25NO6S2. The molecule has 0 fully saturated rings. The van der Waals surface area contributed by atoms with E-state index in [1.165, 1.54) is 30.6 Å². The monoisotopic (exact) mass is 487 g/mol. The maximum atomic E-state index is 13.3. The predicted octanol–water partition coefficient (Wildman–Crippen LogP) is 4.86. The third kappa shape index (κ3) is 4.43. The number of methoxy groups -OCH3 is 2. The van der Waals surface area contributed by atoms with Crippen molar-refractivity contribution in [3.8, 4) is 17.2 Å². The van der Waals surface area contributed by atoms with Crippen LogP contribution in [0.25, 0.3) is 0 Å². The topological polar surface area (TPSA) is 90.9 Å². The molecule has 33 heavy (non-hydrogen) atoms. The van der Waals surface area contributed by atoms with E-state index in [0.29, 0.717) is 22.9 Å². The lowest BCUT2D eigenvalue weighted by Crippen LogP contribution is -2.23. The molecule has 4 rings (SSSR count). The van der Waals surface area contributed by atoms with Gasteiger partial charge in [-0.15, -0.1) is 11.3 Å². The quantitative estimate of drug-likeness (QED) is 0.512. The largest absolute Gasteiger partial charge is 0.497 e. The number of carbonyl (C=O) groups is 1. The van der Waals surface area contributed by atoms with Gasteiger partial charge < -0.3 is 19.5 Å². The predicted molar refractivity (Wildman–Crippen MR) is 127 cm³/mol. The maximum absolute atomic E-state index is 13.3. The number of hydrogen-bond donors (Lipinski definition) is 1. The maximum Gasteiger partial charge on any atom is 0.225 e. The van der Waals surface area contributed by atoms with Crippen LogP contribution in [0, 0.1) is 0 Å². The molecule has 3 aromatic rings. The van der Waals surface area contributed by atoms with Crippen LogP contribution >= 0.6 is 11.3 Å². The highest BCUT2D eigenvalue weighted by molar-refractivity contribution is 7.91. The number of nitrogens with one attached hydrogen (secondary N) is 1. The summed E-state index contributed by atoms with van der Waals surface area (Å²) in [6.07, 6.45) is 0.197. The second kappa shape index (κ2) is 9.07. The molecule has 174 valence electrons. The van der Waals surface area contributed by atoms with E-state index < -0.39 is 9.84 Å². The fourth-order valence-corrected chi connectivity index (χ4v) is 6.71. The lowest BCUT2D eigenvalue weighted by Gasteiger charge is -2.24. The standard InChI is InChI=1S/C24H25NO6S2/c1-14(2)31-19-10-5-15(11-20(19)30-4)18-12-22(26)25-23-21(13-32-24(18)23)33(27,28)17-8-6-16(29-3)7-9-17/h5-11,13-14,18H,12H2,1-4H3,(H,25,26)/t18-/m0/s1. The number of thiophene rings is 1. The van der Waals surface area contributed by atoms with Gasteiger partial charge in [0.25, 0.3) is 0 Å². The fourth-order valence-electron chi connectivity index (χ4n) is 3.81. The van der Waals surface area contributed by atoms with Gasteiger partial charge in [0.2, 0.25) is 15.7 Å². The molecule has 2 aromatic carbocycles. The average Bonchev–Trinajstić information content (AvgIpc) is 3.23. The van der Waals surface area contributed by atoms with E-state index in [0.717, 1.165) is 10.4 Å². The Balaban J connectivity index is 1.75. The van der Waals surface area contributed by atoms with E-state index in [2.05, 4.69) is 5.32 Å². The summed E-state index contributed by atoms with van der Waals surface area (Å²) in [5.74, 6) is 1.22. The van der Waals surface area contributed by atoms with Crippen LogP contribution in [0.3, 0.4) is 0 Å². The van der Waals surface area contributed by atoms with E-state index >= 15 is 0 Å². The summed E-state index contributed by atoms with van der Waals surface area (Å²) in [6.45, 7) is 3.86. The van der Waals surface area contributed by atoms with Crippen LogP contribution in [-0.4, -0.2) is 34.6 Å². The van der Waals surface area contributed by atoms with Gasteiger partial charge in [0.1, 0.15) is 10.6 Å². The normalized spacial score (nSPS) is 15.7. The number of amides is 1. The van der Waals surface area contributed by atoms with Crippen molar-refractivity contribution in [2.45, 2.75) is 42.1 Å². The van der Waals surface area contributed by atoms with Gasteiger partial charge in [0.15, 0.2) is 11.5 Å². The molecule has 1 atom stereocenters. The number of anilines is 1. The van der Waals surface area contributed by atoms with Gasteiger partial charge in [-0.05, 0) is 55.8 Å². The summed E-state index contributed by atoms with van der Waals surface area (Å²) in [6, 6.07) is 11.8. The van der Waals surface area contributed by atoms with Crippen molar-refractivity contribution in [3.05, 3.63) is 58.3 Å². The number of carbonyl (C=O) groups excluding carboxylic acids is 1. The number of hydrogen-bond acceptors (Lipinski definition) is 7. The van der Waals surface area contributed by atoms with Gasteiger partial charge in [0, 0.05) is 22.6 Å². The average molecular weight is 488 g/mol. The van der Waals surface area contributed by atoms with Crippen LogP contribution < -0.4 is 19.5 Å². The Kier molecular flexibility index (Phi) is 6.36. The minimum atomic E-state index is -3.83. The summed E-state index contributed by atoms with van der Waals surface area (Å²) >= 11 is 1.32. The first-order valence-corrected chi connectivity index (χ1v) is 12.8. The van der Waals surface area contributed by atoms with Gasteiger partial charge in [-0.25, -0.2) is 8.42 Å². The third-order valence-corrected chi connectivity index (χ3v) is 8.41. The van der Waals surface area contributed by atoms with E-state index in [-0.39, 0.29) is 34.1 Å². The molecule has 1 aliphatic heterocycles. The second-order valence-electron chi connectivity index (χ2n) is 7.90. The zero-order valence-electron chi connectivity index (χ0n) is 18.7. The van der Waals surface area contributed by atoms with Crippen molar-refractivity contribution in [3.63, 3.8) is 0 Å². The van der Waals surface area contributed by atoms with Crippen molar-refractivity contribution in [1.82, 2.24) is 0 Å². The molecule has 0 aliphatic carbocycles. The lowest BCUT2D eigenvalue weighted by atomic mass is 9.90. The molecule has 0 saturated heterocycles. The van der Waals surface area contributed by atoms with E-state index in [1.807, 2.05) is 32.0 Å². The van der Waals surface area contributed by atoms with Crippen LogP contribution in [0.15, 0.2) is 57.6 Å². The number of rotatable bonds is 7. The highest BCUT2D eigenvalue weighted by Gasteiger charge is 2.34. The van der Waals surface area contributed by atoms with Crippen molar-refractivity contribution in [2.75, 3.05) is 19.5 Å². The summed E-state index contributed by atoms with van der Waals surface area (Å²) in [5, 5.41) is 4.38. The lowest BCUT2D eigenvalue weighted by molar-refractivity contribution is -0.116. The summed E-state index contributed by atoms with van der Waals surface area (Å²) < 4.78 is 43.1. The Hall–Kier alpha value is -3.04. The third-order valence-electron chi connectivity index (χ3n) is 5.37. The Morgan fingerprint density at radius 2 is 1.76 bits per heavy atom. The molecule has 1 N–H and O–H groups in total. The zero-order chi connectivity index (χ0) is 23.8. The van der Waals surface area contributed by atoms with Crippen LogP contribution in [0.1, 0.15) is 36.6 Å². The molecule has 0 bridgehead atoms. The number of fused-ring (bicyclic) bond motifs is 1. The molecule has 7 nitrogen and oxygen atoms in total. The Morgan fingerprint density at radius 3 is 2.39 bits per heavy atom. The van der Waals surface area contributed by atoms with Gasteiger partial charge in [-0.3, -0.25) is 4.79 Å². The molecule has 1 amide bonds. The van der Waals surface area contributed by atoms with Gasteiger partial charge in [-0.2, -0.15) is 0 Å². The summed E-state index contributed by atoms with van der Waals surface area (Å²) in [7, 11) is -0.744. The Bertz CT molecular complexity index is 1280. The first-order chi connectivity index (χ1) is 15.7. The molecule has 9 heteroatoms. The van der Waals surface area contributed by atoms with E-state index in [4.69, 9.17) is 14.2 Å². The molecule has 0 radical (unpaired) electrons. The smallest absolute Gasteiger partial charge is 0.225 e. The van der Waals surface area contributed by atoms with Crippen LogP contribution in [0.4, 0.5) is 5.69 Å². The van der Waals surface area contributed by atoms with Crippen LogP contribution in [0.5, 0.6) is 17.2 Å². The van der Waals surface area contributed by atoms with E-state index in [1.54, 1.807) is 24.6 Å². The molecule has 0 saturated carbocycles. The van der Waals surface area contributed by atoms with Gasteiger partial charge in [-0.1, -0.05) is 6.07 Å². The first-order valence-electron chi connectivity index (χ1n) is 10.4. The first kappa shape index (κ1) is 23.1.